The van der Waals surface area contributed by atoms with E-state index < -0.39 is 0 Å². The first-order chi connectivity index (χ1) is 11.1. The molecule has 0 radical (unpaired) electrons. The Morgan fingerprint density at radius 1 is 1.39 bits per heavy atom. The summed E-state index contributed by atoms with van der Waals surface area (Å²) < 4.78 is 5.32. The van der Waals surface area contributed by atoms with Crippen LogP contribution >= 0.6 is 0 Å². The van der Waals surface area contributed by atoms with E-state index in [1.165, 1.54) is 0 Å². The van der Waals surface area contributed by atoms with Gasteiger partial charge in [0.25, 0.3) is 5.89 Å². The summed E-state index contributed by atoms with van der Waals surface area (Å²) in [6.45, 7) is 5.78. The lowest BCUT2D eigenvalue weighted by Crippen LogP contribution is -2.29. The van der Waals surface area contributed by atoms with E-state index in [0.29, 0.717) is 30.0 Å². The fourth-order valence-corrected chi connectivity index (χ4v) is 2.91. The standard InChI is InChI=1S/C17H22N4O2/c1-12(2)9-16(22)21-8-5-13(11-21)10-15-19-17(23-20-15)14-3-6-18-7-4-14/h3-4,6-7,12-13H,5,8-11H2,1-2H3. The second kappa shape index (κ2) is 6.89. The summed E-state index contributed by atoms with van der Waals surface area (Å²) in [5, 5.41) is 4.06. The molecule has 122 valence electrons. The third-order valence-electron chi connectivity index (χ3n) is 4.09. The van der Waals surface area contributed by atoms with Gasteiger partial charge in [-0.25, -0.2) is 0 Å². The van der Waals surface area contributed by atoms with E-state index in [1.54, 1.807) is 12.4 Å². The molecule has 23 heavy (non-hydrogen) atoms. The maximum absolute atomic E-state index is 12.1. The molecule has 1 amide bonds. The van der Waals surface area contributed by atoms with Gasteiger partial charge in [-0.3, -0.25) is 9.78 Å². The average Bonchev–Trinajstić information content (AvgIpc) is 3.17. The number of carbonyl (C=O) groups excluding carboxylic acids is 1. The molecule has 0 N–H and O–H groups in total. The highest BCUT2D eigenvalue weighted by Gasteiger charge is 2.27. The largest absolute Gasteiger partial charge is 0.342 e. The van der Waals surface area contributed by atoms with Crippen molar-refractivity contribution in [2.24, 2.45) is 11.8 Å². The minimum atomic E-state index is 0.257. The van der Waals surface area contributed by atoms with Gasteiger partial charge in [-0.2, -0.15) is 4.98 Å². The minimum absolute atomic E-state index is 0.257. The van der Waals surface area contributed by atoms with Crippen LogP contribution in [0.15, 0.2) is 29.0 Å². The van der Waals surface area contributed by atoms with Crippen molar-refractivity contribution in [3.8, 4) is 11.5 Å². The van der Waals surface area contributed by atoms with Crippen LogP contribution in [0.3, 0.4) is 0 Å². The quantitative estimate of drug-likeness (QED) is 0.848. The smallest absolute Gasteiger partial charge is 0.258 e. The average molecular weight is 314 g/mol. The molecule has 1 aliphatic heterocycles. The first kappa shape index (κ1) is 15.6. The predicted molar refractivity (Wildman–Crippen MR) is 85.4 cm³/mol. The third kappa shape index (κ3) is 3.94. The summed E-state index contributed by atoms with van der Waals surface area (Å²) in [6, 6.07) is 3.69. The van der Waals surface area contributed by atoms with Crippen molar-refractivity contribution in [3.63, 3.8) is 0 Å². The van der Waals surface area contributed by atoms with E-state index in [1.807, 2.05) is 17.0 Å². The fraction of sp³-hybridized carbons (Fsp3) is 0.529. The van der Waals surface area contributed by atoms with Crippen molar-refractivity contribution in [2.75, 3.05) is 13.1 Å². The summed E-state index contributed by atoms with van der Waals surface area (Å²) >= 11 is 0. The molecule has 2 aromatic heterocycles. The first-order valence-corrected chi connectivity index (χ1v) is 8.12. The van der Waals surface area contributed by atoms with E-state index >= 15 is 0 Å². The second-order valence-corrected chi connectivity index (χ2v) is 6.55. The van der Waals surface area contributed by atoms with Crippen molar-refractivity contribution < 1.29 is 9.32 Å². The lowest BCUT2D eigenvalue weighted by atomic mass is 10.0. The maximum Gasteiger partial charge on any atom is 0.258 e. The van der Waals surface area contributed by atoms with Gasteiger partial charge in [0.2, 0.25) is 5.91 Å². The van der Waals surface area contributed by atoms with Crippen LogP contribution < -0.4 is 0 Å². The van der Waals surface area contributed by atoms with Crippen molar-refractivity contribution in [1.29, 1.82) is 0 Å². The van der Waals surface area contributed by atoms with Gasteiger partial charge in [0.1, 0.15) is 0 Å². The molecular formula is C17H22N4O2. The van der Waals surface area contributed by atoms with Crippen molar-refractivity contribution in [3.05, 3.63) is 30.4 Å². The topological polar surface area (TPSA) is 72.1 Å². The number of rotatable bonds is 5. The number of pyridine rings is 1. The van der Waals surface area contributed by atoms with Gasteiger partial charge in [-0.05, 0) is 30.4 Å². The molecule has 6 nitrogen and oxygen atoms in total. The molecule has 0 aliphatic carbocycles. The van der Waals surface area contributed by atoms with Gasteiger partial charge in [0, 0.05) is 43.9 Å². The molecule has 1 aliphatic rings. The van der Waals surface area contributed by atoms with E-state index in [-0.39, 0.29) is 5.91 Å². The fourth-order valence-electron chi connectivity index (χ4n) is 2.91. The van der Waals surface area contributed by atoms with Crippen LogP contribution in [0, 0.1) is 11.8 Å². The lowest BCUT2D eigenvalue weighted by molar-refractivity contribution is -0.131. The Morgan fingerprint density at radius 3 is 2.91 bits per heavy atom. The number of hydrogen-bond donors (Lipinski definition) is 0. The number of carbonyl (C=O) groups is 1. The summed E-state index contributed by atoms with van der Waals surface area (Å²) in [5.41, 5.74) is 0.874. The molecule has 0 saturated carbocycles. The van der Waals surface area contributed by atoms with Crippen LogP contribution in [0.4, 0.5) is 0 Å². The summed E-state index contributed by atoms with van der Waals surface area (Å²) in [5.74, 6) is 2.30. The molecule has 6 heteroatoms. The van der Waals surface area contributed by atoms with Gasteiger partial charge >= 0.3 is 0 Å². The number of hydrogen-bond acceptors (Lipinski definition) is 5. The van der Waals surface area contributed by atoms with Crippen LogP contribution in [0.5, 0.6) is 0 Å². The van der Waals surface area contributed by atoms with Gasteiger partial charge in [-0.1, -0.05) is 19.0 Å². The van der Waals surface area contributed by atoms with Crippen LogP contribution in [0.2, 0.25) is 0 Å². The van der Waals surface area contributed by atoms with Crippen molar-refractivity contribution in [1.82, 2.24) is 20.0 Å². The lowest BCUT2D eigenvalue weighted by Gasteiger charge is -2.17. The third-order valence-corrected chi connectivity index (χ3v) is 4.09. The highest BCUT2D eigenvalue weighted by Crippen LogP contribution is 2.23. The summed E-state index contributed by atoms with van der Waals surface area (Å²) in [7, 11) is 0. The predicted octanol–water partition coefficient (Wildman–Crippen LogP) is 2.57. The van der Waals surface area contributed by atoms with Crippen molar-refractivity contribution >= 4 is 5.91 Å². The highest BCUT2D eigenvalue weighted by molar-refractivity contribution is 5.76. The molecule has 1 fully saturated rings. The van der Waals surface area contributed by atoms with Crippen LogP contribution in [0.25, 0.3) is 11.5 Å². The second-order valence-electron chi connectivity index (χ2n) is 6.55. The minimum Gasteiger partial charge on any atom is -0.342 e. The molecule has 0 aromatic carbocycles. The van der Waals surface area contributed by atoms with Gasteiger partial charge < -0.3 is 9.42 Å². The Bertz CT molecular complexity index is 654. The van der Waals surface area contributed by atoms with E-state index in [9.17, 15) is 4.79 Å². The molecule has 3 rings (SSSR count). The Kier molecular flexibility index (Phi) is 4.69. The number of aromatic nitrogens is 3. The SMILES string of the molecule is CC(C)CC(=O)N1CCC(Cc2noc(-c3ccncc3)n2)C1. The van der Waals surface area contributed by atoms with Crippen molar-refractivity contribution in [2.45, 2.75) is 33.1 Å². The number of likely N-dealkylation sites (tertiary alicyclic amines) is 1. The van der Waals surface area contributed by atoms with Crippen LogP contribution in [-0.2, 0) is 11.2 Å². The summed E-state index contributed by atoms with van der Waals surface area (Å²) in [4.78, 5) is 22.5. The molecule has 2 aromatic rings. The first-order valence-electron chi connectivity index (χ1n) is 8.12. The molecule has 1 saturated heterocycles. The van der Waals surface area contributed by atoms with Gasteiger partial charge in [-0.15, -0.1) is 0 Å². The molecule has 3 heterocycles. The maximum atomic E-state index is 12.1. The molecule has 0 spiro atoms. The van der Waals surface area contributed by atoms with E-state index in [0.717, 1.165) is 31.5 Å². The molecule has 1 unspecified atom stereocenters. The molecular weight excluding hydrogens is 292 g/mol. The highest BCUT2D eigenvalue weighted by atomic mass is 16.5. The normalized spacial score (nSPS) is 17.9. The van der Waals surface area contributed by atoms with Crippen LogP contribution in [0.1, 0.15) is 32.5 Å². The Morgan fingerprint density at radius 2 is 2.17 bits per heavy atom. The van der Waals surface area contributed by atoms with E-state index in [2.05, 4.69) is 29.0 Å². The van der Waals surface area contributed by atoms with E-state index in [4.69, 9.17) is 4.52 Å². The molecule has 1 atom stereocenters. The van der Waals surface area contributed by atoms with Gasteiger partial charge in [0.15, 0.2) is 5.82 Å². The zero-order valence-corrected chi connectivity index (χ0v) is 13.6. The number of amides is 1. The Balaban J connectivity index is 1.57. The zero-order valence-electron chi connectivity index (χ0n) is 13.6. The Labute approximate surface area is 135 Å². The zero-order chi connectivity index (χ0) is 16.2. The molecule has 0 bridgehead atoms. The summed E-state index contributed by atoms with van der Waals surface area (Å²) in [6.07, 6.45) is 5.78. The number of nitrogens with zero attached hydrogens (tertiary/aromatic N) is 4. The monoisotopic (exact) mass is 314 g/mol. The Hall–Kier alpha value is -2.24. The van der Waals surface area contributed by atoms with Gasteiger partial charge in [0.05, 0.1) is 0 Å². The van der Waals surface area contributed by atoms with Crippen LogP contribution in [-0.4, -0.2) is 39.0 Å².